The van der Waals surface area contributed by atoms with E-state index in [2.05, 4.69) is 26.2 Å². The number of sulfonamides is 1. The molecule has 0 bridgehead atoms. The Bertz CT molecular complexity index is 1110. The molecule has 0 radical (unpaired) electrons. The number of amides is 1. The number of hydrogen-bond donors (Lipinski definition) is 1. The third-order valence-electron chi connectivity index (χ3n) is 4.36. The van der Waals surface area contributed by atoms with Crippen molar-refractivity contribution in [1.29, 1.82) is 0 Å². The number of para-hydroxylation sites is 1. The molecular weight excluding hydrogens is 456 g/mol. The van der Waals surface area contributed by atoms with E-state index in [0.29, 0.717) is 5.69 Å². The number of nitrogens with zero attached hydrogens (tertiary/aromatic N) is 3. The van der Waals surface area contributed by atoms with Gasteiger partial charge >= 0.3 is 0 Å². The van der Waals surface area contributed by atoms with Gasteiger partial charge in [0.2, 0.25) is 15.9 Å². The number of rotatable bonds is 7. The molecule has 0 aliphatic carbocycles. The van der Waals surface area contributed by atoms with Gasteiger partial charge in [-0.3, -0.25) is 9.10 Å². The van der Waals surface area contributed by atoms with Crippen LogP contribution in [0.1, 0.15) is 11.4 Å². The van der Waals surface area contributed by atoms with Crippen LogP contribution < -0.4 is 9.62 Å². The van der Waals surface area contributed by atoms with E-state index in [1.165, 1.54) is 0 Å². The van der Waals surface area contributed by atoms with E-state index < -0.39 is 15.9 Å². The molecule has 1 N–H and O–H groups in total. The average Bonchev–Trinajstić information content (AvgIpc) is 3.10. The molecule has 152 valence electrons. The van der Waals surface area contributed by atoms with Crippen molar-refractivity contribution in [3.63, 3.8) is 0 Å². The van der Waals surface area contributed by atoms with Gasteiger partial charge < -0.3 is 9.88 Å². The first-order valence-corrected chi connectivity index (χ1v) is 11.5. The summed E-state index contributed by atoms with van der Waals surface area (Å²) in [5.41, 5.74) is 2.24. The molecule has 0 saturated heterocycles. The van der Waals surface area contributed by atoms with Crippen LogP contribution in [0.25, 0.3) is 5.69 Å². The van der Waals surface area contributed by atoms with E-state index in [1.807, 2.05) is 42.0 Å². The first kappa shape index (κ1) is 21.1. The van der Waals surface area contributed by atoms with Gasteiger partial charge in [-0.1, -0.05) is 34.1 Å². The van der Waals surface area contributed by atoms with Crippen LogP contribution in [0.2, 0.25) is 0 Å². The van der Waals surface area contributed by atoms with Crippen LogP contribution in [0.3, 0.4) is 0 Å². The summed E-state index contributed by atoms with van der Waals surface area (Å²) in [6, 6.07) is 14.4. The summed E-state index contributed by atoms with van der Waals surface area (Å²) in [7, 11) is -3.61. The lowest BCUT2D eigenvalue weighted by Crippen LogP contribution is -2.40. The highest BCUT2D eigenvalue weighted by molar-refractivity contribution is 9.10. The molecule has 1 heterocycles. The summed E-state index contributed by atoms with van der Waals surface area (Å²) >= 11 is 3.32. The zero-order valence-electron chi connectivity index (χ0n) is 16.0. The highest BCUT2D eigenvalue weighted by atomic mass is 79.9. The van der Waals surface area contributed by atoms with Crippen molar-refractivity contribution in [2.24, 2.45) is 0 Å². The van der Waals surface area contributed by atoms with E-state index in [9.17, 15) is 13.2 Å². The fourth-order valence-corrected chi connectivity index (χ4v) is 4.04. The highest BCUT2D eigenvalue weighted by Crippen LogP contribution is 2.21. The first-order chi connectivity index (χ1) is 13.8. The molecule has 9 heteroatoms. The molecule has 1 amide bonds. The number of carbonyl (C=O) groups excluding carboxylic acids is 1. The van der Waals surface area contributed by atoms with Gasteiger partial charge in [0, 0.05) is 23.4 Å². The lowest BCUT2D eigenvalue weighted by atomic mass is 10.1. The molecule has 3 aromatic rings. The standard InChI is InChI=1S/C20H21BrN4O3S/c1-15-22-11-12-24(15)19-6-4-3-5-16(19)13-23-20(26)14-25(29(2,27)28)18-9-7-17(21)8-10-18/h3-12H,13-14H2,1-2H3,(H,23,26). The summed E-state index contributed by atoms with van der Waals surface area (Å²) in [4.78, 5) is 16.8. The first-order valence-electron chi connectivity index (χ1n) is 8.84. The molecule has 0 atom stereocenters. The van der Waals surface area contributed by atoms with Gasteiger partial charge in [0.05, 0.1) is 17.6 Å². The molecule has 0 saturated carbocycles. The van der Waals surface area contributed by atoms with Crippen molar-refractivity contribution in [3.05, 3.63) is 76.8 Å². The minimum Gasteiger partial charge on any atom is -0.350 e. The minimum atomic E-state index is -3.61. The SMILES string of the molecule is Cc1nccn1-c1ccccc1CNC(=O)CN(c1ccc(Br)cc1)S(C)(=O)=O. The van der Waals surface area contributed by atoms with Crippen LogP contribution in [-0.2, 0) is 21.4 Å². The lowest BCUT2D eigenvalue weighted by Gasteiger charge is -2.22. The fraction of sp³-hybridized carbons (Fsp3) is 0.200. The van der Waals surface area contributed by atoms with Crippen LogP contribution in [0.5, 0.6) is 0 Å². The minimum absolute atomic E-state index is 0.268. The third-order valence-corrected chi connectivity index (χ3v) is 6.02. The molecule has 2 aromatic carbocycles. The van der Waals surface area contributed by atoms with Crippen molar-refractivity contribution in [2.75, 3.05) is 17.1 Å². The molecule has 0 fully saturated rings. The van der Waals surface area contributed by atoms with Gasteiger partial charge in [0.25, 0.3) is 0 Å². The largest absolute Gasteiger partial charge is 0.350 e. The smallest absolute Gasteiger partial charge is 0.241 e. The summed E-state index contributed by atoms with van der Waals surface area (Å²) < 4.78 is 28.2. The molecule has 29 heavy (non-hydrogen) atoms. The van der Waals surface area contributed by atoms with Crippen LogP contribution in [-0.4, -0.2) is 36.7 Å². The average molecular weight is 477 g/mol. The number of carbonyl (C=O) groups is 1. The second-order valence-electron chi connectivity index (χ2n) is 6.50. The maximum absolute atomic E-state index is 12.5. The third kappa shape index (κ3) is 5.24. The summed E-state index contributed by atoms with van der Waals surface area (Å²) in [6.45, 7) is 1.87. The van der Waals surface area contributed by atoms with Crippen LogP contribution >= 0.6 is 15.9 Å². The fourth-order valence-electron chi connectivity index (χ4n) is 2.92. The van der Waals surface area contributed by atoms with Crippen molar-refractivity contribution < 1.29 is 13.2 Å². The van der Waals surface area contributed by atoms with Crippen LogP contribution in [0, 0.1) is 6.92 Å². The summed E-state index contributed by atoms with van der Waals surface area (Å²) in [6.07, 6.45) is 4.65. The molecule has 1 aromatic heterocycles. The number of benzene rings is 2. The quantitative estimate of drug-likeness (QED) is 0.567. The van der Waals surface area contributed by atoms with Gasteiger partial charge in [0.15, 0.2) is 0 Å². The van der Waals surface area contributed by atoms with E-state index in [-0.39, 0.29) is 13.1 Å². The van der Waals surface area contributed by atoms with Crippen molar-refractivity contribution in [1.82, 2.24) is 14.9 Å². The number of aryl methyl sites for hydroxylation is 1. The van der Waals surface area contributed by atoms with Crippen LogP contribution in [0.4, 0.5) is 5.69 Å². The Kier molecular flexibility index (Phi) is 6.39. The highest BCUT2D eigenvalue weighted by Gasteiger charge is 2.21. The number of imidazole rings is 1. The molecule has 7 nitrogen and oxygen atoms in total. The molecule has 3 rings (SSSR count). The second-order valence-corrected chi connectivity index (χ2v) is 9.32. The van der Waals surface area contributed by atoms with Crippen molar-refractivity contribution in [3.8, 4) is 5.69 Å². The zero-order valence-corrected chi connectivity index (χ0v) is 18.4. The van der Waals surface area contributed by atoms with E-state index in [4.69, 9.17) is 0 Å². The normalized spacial score (nSPS) is 11.3. The second kappa shape index (κ2) is 8.79. The Balaban J connectivity index is 1.74. The molecule has 0 aliphatic heterocycles. The predicted octanol–water partition coefficient (Wildman–Crippen LogP) is 3.03. The van der Waals surface area contributed by atoms with E-state index >= 15 is 0 Å². The van der Waals surface area contributed by atoms with Crippen LogP contribution in [0.15, 0.2) is 65.4 Å². The van der Waals surface area contributed by atoms with Crippen molar-refractivity contribution in [2.45, 2.75) is 13.5 Å². The Morgan fingerprint density at radius 2 is 1.86 bits per heavy atom. The van der Waals surface area contributed by atoms with Gasteiger partial charge in [0.1, 0.15) is 12.4 Å². The topological polar surface area (TPSA) is 84.3 Å². The maximum atomic E-state index is 12.5. The Hall–Kier alpha value is -2.65. The molecule has 0 spiro atoms. The van der Waals surface area contributed by atoms with E-state index in [0.717, 1.165) is 32.1 Å². The van der Waals surface area contributed by atoms with Gasteiger partial charge in [-0.15, -0.1) is 0 Å². The Morgan fingerprint density at radius 3 is 2.48 bits per heavy atom. The molecule has 0 unspecified atom stereocenters. The molecular formula is C20H21BrN4O3S. The Morgan fingerprint density at radius 1 is 1.17 bits per heavy atom. The number of hydrogen-bond acceptors (Lipinski definition) is 4. The maximum Gasteiger partial charge on any atom is 0.241 e. The lowest BCUT2D eigenvalue weighted by molar-refractivity contribution is -0.119. The molecule has 0 aliphatic rings. The number of nitrogens with one attached hydrogen (secondary N) is 1. The van der Waals surface area contributed by atoms with Gasteiger partial charge in [-0.25, -0.2) is 13.4 Å². The number of anilines is 1. The van der Waals surface area contributed by atoms with E-state index in [1.54, 1.807) is 30.5 Å². The monoisotopic (exact) mass is 476 g/mol. The number of halogens is 1. The van der Waals surface area contributed by atoms with Gasteiger partial charge in [-0.05, 0) is 42.8 Å². The Labute approximate surface area is 178 Å². The summed E-state index contributed by atoms with van der Waals surface area (Å²) in [5, 5.41) is 2.82. The number of aromatic nitrogens is 2. The summed E-state index contributed by atoms with van der Waals surface area (Å²) in [5.74, 6) is 0.442. The van der Waals surface area contributed by atoms with Crippen molar-refractivity contribution >= 4 is 37.5 Å². The predicted molar refractivity (Wildman–Crippen MR) is 116 cm³/mol. The zero-order chi connectivity index (χ0) is 21.0. The van der Waals surface area contributed by atoms with Gasteiger partial charge in [-0.2, -0.15) is 0 Å².